The SMILES string of the molecule is C1CCCCC[N]NN[N]CCCC1. The van der Waals surface area contributed by atoms with Gasteiger partial charge in [-0.05, 0) is 12.8 Å². The van der Waals surface area contributed by atoms with Crippen LogP contribution in [-0.2, 0) is 0 Å². The van der Waals surface area contributed by atoms with E-state index in [1.807, 2.05) is 0 Å². The van der Waals surface area contributed by atoms with Crippen LogP contribution in [0, 0.1) is 0 Å². The van der Waals surface area contributed by atoms with Gasteiger partial charge in [0.2, 0.25) is 0 Å². The lowest BCUT2D eigenvalue weighted by Crippen LogP contribution is -2.43. The number of hydrazine groups is 1. The van der Waals surface area contributed by atoms with Gasteiger partial charge in [-0.2, -0.15) is 11.1 Å². The van der Waals surface area contributed by atoms with Crippen molar-refractivity contribution < 1.29 is 0 Å². The second-order valence-electron chi connectivity index (χ2n) is 3.82. The minimum Gasteiger partial charge on any atom is -0.161 e. The average molecular weight is 198 g/mol. The van der Waals surface area contributed by atoms with E-state index in [9.17, 15) is 0 Å². The van der Waals surface area contributed by atoms with Crippen molar-refractivity contribution in [1.82, 2.24) is 21.9 Å². The summed E-state index contributed by atoms with van der Waals surface area (Å²) in [6, 6.07) is 0. The van der Waals surface area contributed by atoms with Crippen LogP contribution >= 0.6 is 0 Å². The van der Waals surface area contributed by atoms with Crippen LogP contribution in [0.3, 0.4) is 0 Å². The quantitative estimate of drug-likeness (QED) is 0.615. The van der Waals surface area contributed by atoms with E-state index in [1.165, 1.54) is 51.4 Å². The summed E-state index contributed by atoms with van der Waals surface area (Å²) < 4.78 is 0. The molecule has 0 saturated carbocycles. The van der Waals surface area contributed by atoms with E-state index < -0.39 is 0 Å². The first-order chi connectivity index (χ1) is 7.00. The fourth-order valence-electron chi connectivity index (χ4n) is 1.62. The minimum absolute atomic E-state index is 0.891. The molecule has 0 aliphatic carbocycles. The normalized spacial score (nSPS) is 24.0. The van der Waals surface area contributed by atoms with E-state index in [1.54, 1.807) is 0 Å². The third-order valence-electron chi connectivity index (χ3n) is 2.50. The molecule has 0 unspecified atom stereocenters. The molecule has 0 bridgehead atoms. The highest BCUT2D eigenvalue weighted by Gasteiger charge is 1.95. The van der Waals surface area contributed by atoms with Crippen LogP contribution < -0.4 is 21.9 Å². The van der Waals surface area contributed by atoms with Gasteiger partial charge in [-0.15, -0.1) is 10.9 Å². The molecular weight excluding hydrogens is 176 g/mol. The van der Waals surface area contributed by atoms with Gasteiger partial charge >= 0.3 is 0 Å². The molecule has 1 heterocycles. The van der Waals surface area contributed by atoms with Crippen LogP contribution in [0.1, 0.15) is 51.4 Å². The molecule has 14 heavy (non-hydrogen) atoms. The highest BCUT2D eigenvalue weighted by Crippen LogP contribution is 2.08. The molecule has 0 amide bonds. The Labute approximate surface area is 87.1 Å². The Bertz CT molecular complexity index is 65.4. The first kappa shape index (κ1) is 11.9. The van der Waals surface area contributed by atoms with E-state index in [0.29, 0.717) is 0 Å². The van der Waals surface area contributed by atoms with Crippen molar-refractivity contribution in [2.45, 2.75) is 51.4 Å². The summed E-state index contributed by atoms with van der Waals surface area (Å²) in [5.74, 6) is 0. The predicted molar refractivity (Wildman–Crippen MR) is 57.2 cm³/mol. The molecule has 0 aromatic rings. The Morgan fingerprint density at radius 1 is 0.500 bits per heavy atom. The van der Waals surface area contributed by atoms with Gasteiger partial charge in [0.25, 0.3) is 0 Å². The second-order valence-corrected chi connectivity index (χ2v) is 3.82. The smallest absolute Gasteiger partial charge is 0.0318 e. The molecule has 1 saturated heterocycles. The maximum absolute atomic E-state index is 4.10. The van der Waals surface area contributed by atoms with Crippen LogP contribution in [-0.4, -0.2) is 13.1 Å². The molecule has 1 aliphatic heterocycles. The Hall–Kier alpha value is -0.160. The van der Waals surface area contributed by atoms with Crippen LogP contribution in [0.15, 0.2) is 0 Å². The molecule has 1 fully saturated rings. The molecule has 1 rings (SSSR count). The van der Waals surface area contributed by atoms with Gasteiger partial charge in [-0.3, -0.25) is 0 Å². The fourth-order valence-corrected chi connectivity index (χ4v) is 1.62. The van der Waals surface area contributed by atoms with Crippen molar-refractivity contribution in [2.75, 3.05) is 13.1 Å². The number of hydrogen-bond acceptors (Lipinski definition) is 2. The number of nitrogens with zero attached hydrogens (tertiary/aromatic N) is 2. The number of nitrogens with one attached hydrogen (secondary N) is 2. The van der Waals surface area contributed by atoms with E-state index in [0.717, 1.165) is 13.1 Å². The monoisotopic (exact) mass is 198 g/mol. The van der Waals surface area contributed by atoms with E-state index in [2.05, 4.69) is 21.9 Å². The van der Waals surface area contributed by atoms with E-state index in [4.69, 9.17) is 0 Å². The van der Waals surface area contributed by atoms with E-state index in [-0.39, 0.29) is 0 Å². The third kappa shape index (κ3) is 7.26. The Kier molecular flexibility index (Phi) is 8.00. The summed E-state index contributed by atoms with van der Waals surface area (Å²) in [6.07, 6.45) is 10.5. The maximum Gasteiger partial charge on any atom is 0.0318 e. The molecule has 4 nitrogen and oxygen atoms in total. The highest BCUT2D eigenvalue weighted by molar-refractivity contribution is 4.49. The fraction of sp³-hybridized carbons (Fsp3) is 1.00. The maximum atomic E-state index is 4.10. The molecule has 2 radical (unpaired) electrons. The van der Waals surface area contributed by atoms with Crippen LogP contribution in [0.25, 0.3) is 0 Å². The lowest BCUT2D eigenvalue weighted by molar-refractivity contribution is 0.345. The van der Waals surface area contributed by atoms with Gasteiger partial charge in [0.15, 0.2) is 0 Å². The molecule has 0 aromatic heterocycles. The van der Waals surface area contributed by atoms with Crippen molar-refractivity contribution in [2.24, 2.45) is 0 Å². The summed E-state index contributed by atoms with van der Waals surface area (Å²) in [6.45, 7) is 1.78. The van der Waals surface area contributed by atoms with Gasteiger partial charge in [-0.1, -0.05) is 38.5 Å². The van der Waals surface area contributed by atoms with Gasteiger partial charge in [0.1, 0.15) is 0 Å². The second kappa shape index (κ2) is 9.40. The summed E-state index contributed by atoms with van der Waals surface area (Å²) in [4.78, 5) is 0. The van der Waals surface area contributed by atoms with Crippen LogP contribution in [0.2, 0.25) is 0 Å². The highest BCUT2D eigenvalue weighted by atomic mass is 15.7. The standard InChI is InChI=1S/C10H22N4/c1-2-4-6-8-10-12-14-13-11-9-7-5-3-1/h13-14H,1-10H2. The third-order valence-corrected chi connectivity index (χ3v) is 2.50. The van der Waals surface area contributed by atoms with Crippen molar-refractivity contribution in [3.63, 3.8) is 0 Å². The minimum atomic E-state index is 0.891. The lowest BCUT2D eigenvalue weighted by atomic mass is 10.1. The van der Waals surface area contributed by atoms with Gasteiger partial charge in [-0.25, -0.2) is 0 Å². The topological polar surface area (TPSA) is 52.3 Å². The molecule has 0 aromatic carbocycles. The summed E-state index contributed by atoms with van der Waals surface area (Å²) in [5, 5.41) is 0. The van der Waals surface area contributed by atoms with Crippen molar-refractivity contribution >= 4 is 0 Å². The Morgan fingerprint density at radius 2 is 0.857 bits per heavy atom. The number of hydrogen-bond donors (Lipinski definition) is 2. The van der Waals surface area contributed by atoms with Gasteiger partial charge < -0.3 is 0 Å². The zero-order valence-electron chi connectivity index (χ0n) is 8.97. The van der Waals surface area contributed by atoms with Gasteiger partial charge in [0, 0.05) is 13.1 Å². The molecular formula is C10H22N4. The molecule has 4 heteroatoms. The largest absolute Gasteiger partial charge is 0.161 e. The van der Waals surface area contributed by atoms with Crippen molar-refractivity contribution in [3.05, 3.63) is 0 Å². The Morgan fingerprint density at radius 3 is 1.29 bits per heavy atom. The first-order valence-corrected chi connectivity index (χ1v) is 5.83. The number of rotatable bonds is 0. The lowest BCUT2D eigenvalue weighted by Gasteiger charge is -2.07. The summed E-state index contributed by atoms with van der Waals surface area (Å²) >= 11 is 0. The van der Waals surface area contributed by atoms with Crippen molar-refractivity contribution in [1.29, 1.82) is 0 Å². The molecule has 2 N–H and O–H groups in total. The van der Waals surface area contributed by atoms with Gasteiger partial charge in [0.05, 0.1) is 0 Å². The Balaban J connectivity index is 2.00. The summed E-state index contributed by atoms with van der Waals surface area (Å²) in [7, 11) is 0. The molecule has 1 aliphatic rings. The zero-order valence-corrected chi connectivity index (χ0v) is 8.97. The molecule has 0 atom stereocenters. The molecule has 82 valence electrons. The predicted octanol–water partition coefficient (Wildman–Crippen LogP) is 1.25. The van der Waals surface area contributed by atoms with E-state index >= 15 is 0 Å². The summed E-state index contributed by atoms with van der Waals surface area (Å²) in [5.41, 5.74) is 13.7. The molecule has 0 spiro atoms. The zero-order chi connectivity index (χ0) is 9.90. The van der Waals surface area contributed by atoms with Crippen LogP contribution in [0.5, 0.6) is 0 Å². The average Bonchev–Trinajstić information content (AvgIpc) is 2.22. The van der Waals surface area contributed by atoms with Crippen molar-refractivity contribution in [3.8, 4) is 0 Å². The van der Waals surface area contributed by atoms with Crippen LogP contribution in [0.4, 0.5) is 0 Å². The first-order valence-electron chi connectivity index (χ1n) is 5.83.